The van der Waals surface area contributed by atoms with Gasteiger partial charge in [0.05, 0.1) is 16.2 Å². The average molecular weight is 570 g/mol. The number of hydrogen-bond acceptors (Lipinski definition) is 7. The third-order valence-corrected chi connectivity index (χ3v) is 9.27. The van der Waals surface area contributed by atoms with Gasteiger partial charge in [0.2, 0.25) is 10.0 Å². The summed E-state index contributed by atoms with van der Waals surface area (Å²) < 4.78 is 97.7. The summed E-state index contributed by atoms with van der Waals surface area (Å²) in [6.45, 7) is -1.02. The molecular weight excluding hydrogens is 546 g/mol. The second kappa shape index (κ2) is 9.06. The largest absolute Gasteiger partial charge is 0.478 e. The summed E-state index contributed by atoms with van der Waals surface area (Å²) in [7, 11) is -3.94. The van der Waals surface area contributed by atoms with Crippen molar-refractivity contribution in [3.8, 4) is 16.9 Å². The van der Waals surface area contributed by atoms with Gasteiger partial charge in [0, 0.05) is 24.7 Å². The van der Waals surface area contributed by atoms with Crippen molar-refractivity contribution < 1.29 is 40.0 Å². The Morgan fingerprint density at radius 2 is 1.90 bits per heavy atom. The number of ether oxygens (including phenoxy) is 1. The molecule has 1 aromatic heterocycles. The van der Waals surface area contributed by atoms with E-state index in [1.807, 2.05) is 0 Å². The summed E-state index contributed by atoms with van der Waals surface area (Å²) in [5.74, 6) is -5.31. The summed E-state index contributed by atoms with van der Waals surface area (Å²) in [5, 5.41) is 3.31. The molecule has 10 nitrogen and oxygen atoms in total. The highest BCUT2D eigenvalue weighted by atomic mass is 32.2. The van der Waals surface area contributed by atoms with E-state index in [4.69, 9.17) is 15.0 Å². The molecule has 0 unspecified atom stereocenters. The van der Waals surface area contributed by atoms with Crippen LogP contribution in [0, 0.1) is 11.6 Å². The van der Waals surface area contributed by atoms with Crippen LogP contribution in [0.1, 0.15) is 19.3 Å². The first-order valence-electron chi connectivity index (χ1n) is 12.2. The maximum Gasteiger partial charge on any atom is 0.326 e. The number of amides is 2. The minimum atomic E-state index is -3.94. The number of nitrogens with two attached hydrogens (primary N) is 1. The monoisotopic (exact) mass is 569 g/mol. The zero-order chi connectivity index (χ0) is 27.7. The van der Waals surface area contributed by atoms with Crippen LogP contribution in [-0.4, -0.2) is 67.6 Å². The molecule has 3 N–H and O–H groups in total. The zero-order valence-corrected chi connectivity index (χ0v) is 21.1. The Morgan fingerprint density at radius 3 is 2.56 bits per heavy atom. The smallest absolute Gasteiger partial charge is 0.326 e. The lowest BCUT2D eigenvalue weighted by atomic mass is 9.99. The molecule has 0 radical (unpaired) electrons. The number of nitrogens with zero attached hydrogens (tertiary/aromatic N) is 3. The van der Waals surface area contributed by atoms with Crippen molar-refractivity contribution in [1.29, 1.82) is 0 Å². The van der Waals surface area contributed by atoms with Crippen molar-refractivity contribution >= 4 is 32.8 Å². The number of carbonyl (C=O) groups excluding carboxylic acids is 1. The lowest BCUT2D eigenvalue weighted by Gasteiger charge is -2.37. The maximum atomic E-state index is 15.3. The molecule has 3 heterocycles. The van der Waals surface area contributed by atoms with Crippen LogP contribution in [0.2, 0.25) is 0 Å². The van der Waals surface area contributed by atoms with E-state index in [1.54, 1.807) is 0 Å². The van der Waals surface area contributed by atoms with Gasteiger partial charge in [-0.25, -0.2) is 35.5 Å². The lowest BCUT2D eigenvalue weighted by Crippen LogP contribution is -2.56. The number of hydrogen-bond donors (Lipinski definition) is 2. The zero-order valence-electron chi connectivity index (χ0n) is 20.2. The number of anilines is 1. The molecule has 2 atom stereocenters. The second-order valence-electron chi connectivity index (χ2n) is 9.74. The molecule has 3 fully saturated rings. The number of carbonyl (C=O) groups is 1. The normalized spacial score (nSPS) is 22.9. The van der Waals surface area contributed by atoms with Crippen LogP contribution in [-0.2, 0) is 10.0 Å². The van der Waals surface area contributed by atoms with Gasteiger partial charge in [0.25, 0.3) is 5.92 Å². The molecule has 15 heteroatoms. The van der Waals surface area contributed by atoms with Crippen LogP contribution in [0.4, 0.5) is 28.2 Å². The highest BCUT2D eigenvalue weighted by Gasteiger charge is 2.61. The van der Waals surface area contributed by atoms with Crippen LogP contribution in [0.15, 0.2) is 34.9 Å². The molecule has 2 aliphatic heterocycles. The van der Waals surface area contributed by atoms with E-state index in [9.17, 15) is 22.0 Å². The van der Waals surface area contributed by atoms with Crippen molar-refractivity contribution in [3.05, 3.63) is 42.0 Å². The van der Waals surface area contributed by atoms with Crippen LogP contribution in [0.25, 0.3) is 22.1 Å². The average Bonchev–Trinajstić information content (AvgIpc) is 3.61. The van der Waals surface area contributed by atoms with Gasteiger partial charge in [-0.15, -0.1) is 0 Å². The molecule has 208 valence electrons. The Hall–Kier alpha value is -3.43. The van der Waals surface area contributed by atoms with E-state index in [2.05, 4.69) is 9.88 Å². The van der Waals surface area contributed by atoms with E-state index in [-0.39, 0.29) is 47.8 Å². The number of aromatic nitrogens is 1. The van der Waals surface area contributed by atoms with Crippen LogP contribution >= 0.6 is 0 Å². The predicted octanol–water partition coefficient (Wildman–Crippen LogP) is 3.17. The lowest BCUT2D eigenvalue weighted by molar-refractivity contribution is -0.0448. The van der Waals surface area contributed by atoms with Crippen molar-refractivity contribution in [3.63, 3.8) is 0 Å². The van der Waals surface area contributed by atoms with Crippen molar-refractivity contribution in [2.45, 2.75) is 42.5 Å². The summed E-state index contributed by atoms with van der Waals surface area (Å²) in [5.41, 5.74) is 5.00. The number of nitrogens with one attached hydrogen (secondary N) is 1. The number of urea groups is 1. The summed E-state index contributed by atoms with van der Waals surface area (Å²) >= 11 is 0. The maximum absolute atomic E-state index is 15.3. The van der Waals surface area contributed by atoms with E-state index >= 15 is 8.78 Å². The van der Waals surface area contributed by atoms with Gasteiger partial charge in [-0.1, -0.05) is 11.2 Å². The van der Waals surface area contributed by atoms with E-state index in [0.717, 1.165) is 21.9 Å². The first-order chi connectivity index (χ1) is 18.5. The standard InChI is InChI=1S/C24H23F4N5O5S/c25-15-2-1-3-16(26)20(15)14-8-12(37-11-29)9-17-21(14)22(30-38-17)32-7-6-19-24(27,28)18(10-33(19)23(32)34)31-39(35,36)13-4-5-13/h1-3,8-9,13,18-19,31H,4-7,10-11,29H2/t18-,19-/m1/s1. The van der Waals surface area contributed by atoms with Crippen LogP contribution in [0.5, 0.6) is 5.75 Å². The Balaban J connectivity index is 1.39. The van der Waals surface area contributed by atoms with Crippen molar-refractivity contribution in [1.82, 2.24) is 14.8 Å². The fraction of sp³-hybridized carbons (Fsp3) is 0.417. The molecule has 1 saturated carbocycles. The van der Waals surface area contributed by atoms with Crippen molar-refractivity contribution in [2.24, 2.45) is 5.73 Å². The third kappa shape index (κ3) is 4.19. The molecule has 2 saturated heterocycles. The molecule has 39 heavy (non-hydrogen) atoms. The molecular formula is C24H23F4N5O5S. The topological polar surface area (TPSA) is 131 Å². The van der Waals surface area contributed by atoms with E-state index in [1.165, 1.54) is 18.2 Å². The Bertz CT molecular complexity index is 1560. The molecule has 0 spiro atoms. The number of alkyl halides is 2. The molecule has 6 rings (SSSR count). The minimum Gasteiger partial charge on any atom is -0.478 e. The summed E-state index contributed by atoms with van der Waals surface area (Å²) in [4.78, 5) is 15.5. The molecule has 2 aromatic carbocycles. The van der Waals surface area contributed by atoms with Gasteiger partial charge in [0.1, 0.15) is 36.2 Å². The number of sulfonamides is 1. The highest BCUT2D eigenvalue weighted by molar-refractivity contribution is 7.90. The molecule has 0 bridgehead atoms. The predicted molar refractivity (Wildman–Crippen MR) is 131 cm³/mol. The highest BCUT2D eigenvalue weighted by Crippen LogP contribution is 2.44. The molecule has 1 aliphatic carbocycles. The number of rotatable bonds is 7. The van der Waals surface area contributed by atoms with Crippen LogP contribution in [0.3, 0.4) is 0 Å². The second-order valence-corrected chi connectivity index (χ2v) is 11.7. The van der Waals surface area contributed by atoms with Gasteiger partial charge >= 0.3 is 6.03 Å². The molecule has 3 aromatic rings. The van der Waals surface area contributed by atoms with Gasteiger partial charge in [-0.2, -0.15) is 0 Å². The number of halogens is 4. The first kappa shape index (κ1) is 25.8. The van der Waals surface area contributed by atoms with Gasteiger partial charge in [0.15, 0.2) is 11.4 Å². The fourth-order valence-corrected chi connectivity index (χ4v) is 6.86. The Morgan fingerprint density at radius 1 is 1.18 bits per heavy atom. The Kier molecular flexibility index (Phi) is 6.00. The van der Waals surface area contributed by atoms with Crippen LogP contribution < -0.4 is 20.1 Å². The summed E-state index contributed by atoms with van der Waals surface area (Å²) in [6, 6.07) is 1.81. The van der Waals surface area contributed by atoms with Crippen molar-refractivity contribution in [2.75, 3.05) is 24.7 Å². The number of benzene rings is 2. The SMILES string of the molecule is NCOc1cc(-c2c(F)cccc2F)c2c(N3CC[C@H]4N(C[C@@H](NS(=O)(=O)C5CC5)C4(F)F)C3=O)noc2c1. The van der Waals surface area contributed by atoms with E-state index in [0.29, 0.717) is 12.8 Å². The van der Waals surface area contributed by atoms with Gasteiger partial charge in [-0.05, 0) is 37.5 Å². The molecule has 3 aliphatic rings. The Labute approximate surface area is 219 Å². The molecule has 2 amide bonds. The third-order valence-electron chi connectivity index (χ3n) is 7.30. The first-order valence-corrected chi connectivity index (χ1v) is 13.8. The summed E-state index contributed by atoms with van der Waals surface area (Å²) in [6.07, 6.45) is 0.581. The van der Waals surface area contributed by atoms with E-state index < -0.39 is 63.1 Å². The van der Waals surface area contributed by atoms with Gasteiger partial charge in [-0.3, -0.25) is 10.6 Å². The fourth-order valence-electron chi connectivity index (χ4n) is 5.28. The quantitative estimate of drug-likeness (QED) is 0.330. The minimum absolute atomic E-state index is 0.0188. The number of fused-ring (bicyclic) bond motifs is 2. The van der Waals surface area contributed by atoms with Gasteiger partial charge < -0.3 is 14.2 Å².